The van der Waals surface area contributed by atoms with Crippen molar-refractivity contribution >= 4 is 17.2 Å². The zero-order valence-corrected chi connectivity index (χ0v) is 15.7. The minimum atomic E-state index is -0.300. The topological polar surface area (TPSA) is 69.3 Å². The summed E-state index contributed by atoms with van der Waals surface area (Å²) in [6, 6.07) is 3.40. The second kappa shape index (κ2) is 7.49. The molecule has 1 aliphatic rings. The Hall–Kier alpha value is -1.99. The third-order valence-electron chi connectivity index (χ3n) is 4.69. The molecule has 7 heteroatoms. The van der Waals surface area contributed by atoms with E-state index in [0.29, 0.717) is 19.0 Å². The van der Waals surface area contributed by atoms with Crippen molar-refractivity contribution in [2.75, 3.05) is 26.7 Å². The molecule has 1 amide bonds. The van der Waals surface area contributed by atoms with E-state index in [1.807, 2.05) is 19.4 Å². The number of nitrogens with one attached hydrogen (secondary N) is 1. The largest absolute Gasteiger partial charge is 0.338 e. The molecule has 0 bridgehead atoms. The lowest BCUT2D eigenvalue weighted by Gasteiger charge is -2.21. The van der Waals surface area contributed by atoms with E-state index >= 15 is 0 Å². The minimum absolute atomic E-state index is 0.162. The van der Waals surface area contributed by atoms with Crippen LogP contribution in [0, 0.1) is 19.8 Å². The molecule has 1 aliphatic heterocycles. The van der Waals surface area contributed by atoms with Gasteiger partial charge in [-0.15, -0.1) is 11.3 Å². The maximum Gasteiger partial charge on any atom is 0.260 e. The summed E-state index contributed by atoms with van der Waals surface area (Å²) in [5, 5.41) is 0. The molecular weight excluding hydrogens is 336 g/mol. The van der Waals surface area contributed by atoms with Gasteiger partial charge in [-0.3, -0.25) is 9.59 Å². The highest BCUT2D eigenvalue weighted by atomic mass is 32.1. The van der Waals surface area contributed by atoms with Gasteiger partial charge in [-0.25, -0.2) is 4.98 Å². The number of aryl methyl sites for hydroxylation is 2. The van der Waals surface area contributed by atoms with Gasteiger partial charge in [-0.2, -0.15) is 0 Å². The summed E-state index contributed by atoms with van der Waals surface area (Å²) in [7, 11) is 2.11. The maximum absolute atomic E-state index is 12.6. The van der Waals surface area contributed by atoms with Crippen molar-refractivity contribution in [2.45, 2.75) is 26.8 Å². The van der Waals surface area contributed by atoms with Gasteiger partial charge < -0.3 is 14.8 Å². The van der Waals surface area contributed by atoms with E-state index in [4.69, 9.17) is 0 Å². The molecule has 1 atom stereocenters. The van der Waals surface area contributed by atoms with Crippen LogP contribution >= 0.6 is 11.3 Å². The van der Waals surface area contributed by atoms with Crippen LogP contribution in [0.2, 0.25) is 0 Å². The number of aromatic amines is 1. The molecule has 2 aromatic rings. The van der Waals surface area contributed by atoms with Crippen molar-refractivity contribution in [1.82, 2.24) is 19.8 Å². The SMILES string of the molecule is Cc1ccc(C(=O)N2CCC(CN(C)Cc3scnc3C)C2)c(=O)[nH]1. The van der Waals surface area contributed by atoms with E-state index in [9.17, 15) is 9.59 Å². The van der Waals surface area contributed by atoms with Crippen LogP contribution in [-0.2, 0) is 6.54 Å². The Morgan fingerprint density at radius 1 is 1.44 bits per heavy atom. The number of rotatable bonds is 5. The van der Waals surface area contributed by atoms with Gasteiger partial charge in [0.2, 0.25) is 0 Å². The zero-order chi connectivity index (χ0) is 18.0. The van der Waals surface area contributed by atoms with Crippen molar-refractivity contribution in [1.29, 1.82) is 0 Å². The van der Waals surface area contributed by atoms with Gasteiger partial charge in [0.05, 0.1) is 11.2 Å². The fourth-order valence-corrected chi connectivity index (χ4v) is 4.16. The molecular formula is C18H24N4O2S. The Morgan fingerprint density at radius 2 is 2.24 bits per heavy atom. The number of hydrogen-bond donors (Lipinski definition) is 1. The van der Waals surface area contributed by atoms with Crippen molar-refractivity contribution in [3.8, 4) is 0 Å². The molecule has 134 valence electrons. The molecule has 25 heavy (non-hydrogen) atoms. The average molecular weight is 360 g/mol. The van der Waals surface area contributed by atoms with Crippen LogP contribution in [-0.4, -0.2) is 52.4 Å². The molecule has 0 saturated carbocycles. The second-order valence-electron chi connectivity index (χ2n) is 6.85. The van der Waals surface area contributed by atoms with Crippen LogP contribution in [0.5, 0.6) is 0 Å². The molecule has 2 aromatic heterocycles. The number of H-pyrrole nitrogens is 1. The summed E-state index contributed by atoms with van der Waals surface area (Å²) >= 11 is 1.69. The van der Waals surface area contributed by atoms with E-state index in [2.05, 4.69) is 21.9 Å². The maximum atomic E-state index is 12.6. The van der Waals surface area contributed by atoms with Gasteiger partial charge in [0.25, 0.3) is 11.5 Å². The fourth-order valence-electron chi connectivity index (χ4n) is 3.31. The summed E-state index contributed by atoms with van der Waals surface area (Å²) < 4.78 is 0. The number of carbonyl (C=O) groups excluding carboxylic acids is 1. The third-order valence-corrected chi connectivity index (χ3v) is 5.61. The van der Waals surface area contributed by atoms with Crippen LogP contribution in [0.25, 0.3) is 0 Å². The van der Waals surface area contributed by atoms with E-state index in [1.54, 1.807) is 28.4 Å². The summed E-state index contributed by atoms with van der Waals surface area (Å²) in [4.78, 5) is 37.0. The molecule has 0 radical (unpaired) electrons. The number of carbonyl (C=O) groups is 1. The number of hydrogen-bond acceptors (Lipinski definition) is 5. The Bertz CT molecular complexity index is 813. The molecule has 1 saturated heterocycles. The number of likely N-dealkylation sites (tertiary alicyclic amines) is 1. The van der Waals surface area contributed by atoms with Crippen LogP contribution < -0.4 is 5.56 Å². The summed E-state index contributed by atoms with van der Waals surface area (Å²) in [5.74, 6) is 0.274. The minimum Gasteiger partial charge on any atom is -0.338 e. The van der Waals surface area contributed by atoms with Crippen LogP contribution in [0.3, 0.4) is 0 Å². The number of aromatic nitrogens is 2. The average Bonchev–Trinajstić information content (AvgIpc) is 3.16. The van der Waals surface area contributed by atoms with E-state index in [-0.39, 0.29) is 17.0 Å². The summed E-state index contributed by atoms with van der Waals surface area (Å²) in [5.41, 5.74) is 3.68. The highest BCUT2D eigenvalue weighted by molar-refractivity contribution is 7.09. The highest BCUT2D eigenvalue weighted by Gasteiger charge is 2.29. The predicted octanol–water partition coefficient (Wildman–Crippen LogP) is 2.04. The fraction of sp³-hybridized carbons (Fsp3) is 0.500. The van der Waals surface area contributed by atoms with Crippen LogP contribution in [0.4, 0.5) is 0 Å². The van der Waals surface area contributed by atoms with Crippen molar-refractivity contribution < 1.29 is 4.79 Å². The lowest BCUT2D eigenvalue weighted by molar-refractivity contribution is 0.0782. The van der Waals surface area contributed by atoms with Crippen molar-refractivity contribution in [3.63, 3.8) is 0 Å². The lowest BCUT2D eigenvalue weighted by Crippen LogP contribution is -2.34. The Balaban J connectivity index is 1.57. The zero-order valence-electron chi connectivity index (χ0n) is 14.9. The van der Waals surface area contributed by atoms with Gasteiger partial charge in [0.1, 0.15) is 5.56 Å². The number of amides is 1. The molecule has 0 spiro atoms. The Morgan fingerprint density at radius 3 is 2.92 bits per heavy atom. The summed E-state index contributed by atoms with van der Waals surface area (Å²) in [6.07, 6.45) is 0.974. The van der Waals surface area contributed by atoms with Gasteiger partial charge in [0, 0.05) is 36.8 Å². The molecule has 1 N–H and O–H groups in total. The van der Waals surface area contributed by atoms with Gasteiger partial charge >= 0.3 is 0 Å². The van der Waals surface area contributed by atoms with Gasteiger partial charge in [-0.05, 0) is 45.4 Å². The standard InChI is InChI=1S/C18H24N4O2S/c1-12-4-5-15(17(23)20-12)18(24)22-7-6-14(9-22)8-21(3)10-16-13(2)19-11-25-16/h4-5,11,14H,6-10H2,1-3H3,(H,20,23). The quantitative estimate of drug-likeness (QED) is 0.886. The number of nitrogens with zero attached hydrogens (tertiary/aromatic N) is 3. The first-order valence-electron chi connectivity index (χ1n) is 8.50. The smallest absolute Gasteiger partial charge is 0.260 e. The van der Waals surface area contributed by atoms with E-state index in [0.717, 1.165) is 30.9 Å². The first-order valence-corrected chi connectivity index (χ1v) is 9.38. The summed E-state index contributed by atoms with van der Waals surface area (Å²) in [6.45, 7) is 7.09. The van der Waals surface area contributed by atoms with Gasteiger partial charge in [0.15, 0.2) is 0 Å². The number of pyridine rings is 1. The first-order chi connectivity index (χ1) is 11.9. The normalized spacial score (nSPS) is 17.4. The molecule has 3 rings (SSSR count). The lowest BCUT2D eigenvalue weighted by atomic mass is 10.1. The van der Waals surface area contributed by atoms with Crippen LogP contribution in [0.15, 0.2) is 22.4 Å². The van der Waals surface area contributed by atoms with E-state index in [1.165, 1.54) is 4.88 Å². The third kappa shape index (κ3) is 4.16. The Kier molecular flexibility index (Phi) is 5.34. The monoisotopic (exact) mass is 360 g/mol. The molecule has 1 unspecified atom stereocenters. The number of thiazole rings is 1. The Labute approximate surface area is 151 Å². The van der Waals surface area contributed by atoms with Gasteiger partial charge in [-0.1, -0.05) is 0 Å². The highest BCUT2D eigenvalue weighted by Crippen LogP contribution is 2.21. The molecule has 6 nitrogen and oxygen atoms in total. The molecule has 0 aromatic carbocycles. The van der Waals surface area contributed by atoms with E-state index < -0.39 is 0 Å². The molecule has 0 aliphatic carbocycles. The molecule has 1 fully saturated rings. The molecule has 3 heterocycles. The van der Waals surface area contributed by atoms with Crippen molar-refractivity contribution in [3.05, 3.63) is 49.8 Å². The first kappa shape index (κ1) is 17.8. The van der Waals surface area contributed by atoms with Crippen molar-refractivity contribution in [2.24, 2.45) is 5.92 Å². The predicted molar refractivity (Wildman–Crippen MR) is 99.0 cm³/mol. The second-order valence-corrected chi connectivity index (χ2v) is 7.79. The van der Waals surface area contributed by atoms with Crippen LogP contribution in [0.1, 0.15) is 33.0 Å².